The molecule has 0 unspecified atom stereocenters. The third-order valence-electron chi connectivity index (χ3n) is 5.46. The van der Waals surface area contributed by atoms with Crippen LogP contribution in [-0.2, 0) is 11.2 Å². The Morgan fingerprint density at radius 1 is 1.13 bits per heavy atom. The topological polar surface area (TPSA) is 60.2 Å². The van der Waals surface area contributed by atoms with Gasteiger partial charge in [0, 0.05) is 58.7 Å². The van der Waals surface area contributed by atoms with Crippen LogP contribution in [0.5, 0.6) is 0 Å². The first-order valence-corrected chi connectivity index (χ1v) is 11.5. The smallest absolute Gasteiger partial charge is 0.252 e. The van der Waals surface area contributed by atoms with Crippen molar-refractivity contribution >= 4 is 55.5 Å². The van der Waals surface area contributed by atoms with Gasteiger partial charge in [0.05, 0.1) is 5.57 Å². The molecule has 2 aromatic carbocycles. The number of H-pyrrole nitrogens is 1. The zero-order valence-electron chi connectivity index (χ0n) is 17.7. The van der Waals surface area contributed by atoms with E-state index in [4.69, 9.17) is 11.6 Å². The van der Waals surface area contributed by atoms with Crippen molar-refractivity contribution in [2.24, 2.45) is 0 Å². The summed E-state index contributed by atoms with van der Waals surface area (Å²) in [6, 6.07) is 14.0. The summed E-state index contributed by atoms with van der Waals surface area (Å²) in [4.78, 5) is 18.8. The molecule has 0 bridgehead atoms. The molecular formula is C24H26BrClN4O. The first-order chi connectivity index (χ1) is 14.9. The van der Waals surface area contributed by atoms with Crippen molar-refractivity contribution in [1.29, 1.82) is 0 Å². The number of nitrogens with zero attached hydrogens (tertiary/aromatic N) is 1. The van der Waals surface area contributed by atoms with Crippen LogP contribution in [0.2, 0.25) is 5.02 Å². The van der Waals surface area contributed by atoms with Crippen molar-refractivity contribution in [1.82, 2.24) is 20.5 Å². The largest absolute Gasteiger partial charge is 0.355 e. The maximum absolute atomic E-state index is 13.2. The zero-order valence-corrected chi connectivity index (χ0v) is 20.0. The Hall–Kier alpha value is -2.12. The molecule has 1 aliphatic rings. The number of nitrogens with one attached hydrogen (secondary N) is 3. The summed E-state index contributed by atoms with van der Waals surface area (Å²) >= 11 is 9.72. The Morgan fingerprint density at radius 3 is 2.77 bits per heavy atom. The van der Waals surface area contributed by atoms with Crippen LogP contribution < -0.4 is 10.6 Å². The number of allylic oxidation sites excluding steroid dienone is 1. The first kappa shape index (κ1) is 22.1. The number of hydrogen-bond acceptors (Lipinski definition) is 3. The normalized spacial score (nSPS) is 13.3. The van der Waals surface area contributed by atoms with Gasteiger partial charge in [0.1, 0.15) is 0 Å². The van der Waals surface area contributed by atoms with Crippen molar-refractivity contribution in [3.63, 3.8) is 0 Å². The number of carbonyl (C=O) groups is 1. The van der Waals surface area contributed by atoms with Crippen LogP contribution in [-0.4, -0.2) is 56.1 Å². The third-order valence-corrected chi connectivity index (χ3v) is 6.19. The summed E-state index contributed by atoms with van der Waals surface area (Å²) in [6.45, 7) is 3.18. The number of benzene rings is 2. The maximum Gasteiger partial charge on any atom is 0.252 e. The minimum absolute atomic E-state index is 0.0397. The molecule has 7 heteroatoms. The van der Waals surface area contributed by atoms with Gasteiger partial charge in [-0.15, -0.1) is 0 Å². The van der Waals surface area contributed by atoms with Crippen molar-refractivity contribution < 1.29 is 4.79 Å². The second kappa shape index (κ2) is 9.57. The number of amides is 1. The SMILES string of the molecule is CN(C)CCNCCNC(=O)C1=C(c2cc3cc(Cl)ccc3[nH]2)Cc2cc(Br)ccc21. The molecule has 0 saturated heterocycles. The van der Waals surface area contributed by atoms with E-state index in [0.717, 1.165) is 63.0 Å². The number of carbonyl (C=O) groups excluding carboxylic acids is 1. The Kier molecular flexibility index (Phi) is 6.82. The van der Waals surface area contributed by atoms with Crippen LogP contribution >= 0.6 is 27.5 Å². The number of hydrogen-bond donors (Lipinski definition) is 3. The Bertz CT molecular complexity index is 1150. The summed E-state index contributed by atoms with van der Waals surface area (Å²) in [5, 5.41) is 8.19. The van der Waals surface area contributed by atoms with Gasteiger partial charge in [0.15, 0.2) is 0 Å². The molecule has 31 heavy (non-hydrogen) atoms. The minimum Gasteiger partial charge on any atom is -0.355 e. The van der Waals surface area contributed by atoms with Crippen molar-refractivity contribution in [3.05, 3.63) is 68.8 Å². The summed E-state index contributed by atoms with van der Waals surface area (Å²) < 4.78 is 1.01. The van der Waals surface area contributed by atoms with Crippen LogP contribution in [0, 0.1) is 0 Å². The molecule has 0 radical (unpaired) electrons. The van der Waals surface area contributed by atoms with Gasteiger partial charge in [-0.3, -0.25) is 4.79 Å². The van der Waals surface area contributed by atoms with E-state index in [9.17, 15) is 4.79 Å². The van der Waals surface area contributed by atoms with Crippen LogP contribution in [0.15, 0.2) is 46.9 Å². The number of rotatable bonds is 8. The zero-order chi connectivity index (χ0) is 22.0. The number of likely N-dealkylation sites (N-methyl/N-ethyl adjacent to an activating group) is 1. The highest BCUT2D eigenvalue weighted by Crippen LogP contribution is 2.40. The quantitative estimate of drug-likeness (QED) is 0.403. The minimum atomic E-state index is -0.0397. The molecule has 1 aliphatic carbocycles. The van der Waals surface area contributed by atoms with Gasteiger partial charge in [-0.2, -0.15) is 0 Å². The molecule has 0 fully saturated rings. The van der Waals surface area contributed by atoms with Gasteiger partial charge in [-0.1, -0.05) is 33.6 Å². The number of aromatic amines is 1. The summed E-state index contributed by atoms with van der Waals surface area (Å²) in [7, 11) is 4.09. The van der Waals surface area contributed by atoms with E-state index in [1.165, 1.54) is 0 Å². The molecule has 4 rings (SSSR count). The lowest BCUT2D eigenvalue weighted by atomic mass is 10.0. The molecule has 0 saturated carbocycles. The van der Waals surface area contributed by atoms with Crippen molar-refractivity contribution in [2.45, 2.75) is 6.42 Å². The lowest BCUT2D eigenvalue weighted by Gasteiger charge is -2.12. The van der Waals surface area contributed by atoms with Gasteiger partial charge in [0.2, 0.25) is 0 Å². The molecular weight excluding hydrogens is 476 g/mol. The predicted molar refractivity (Wildman–Crippen MR) is 132 cm³/mol. The van der Waals surface area contributed by atoms with E-state index in [2.05, 4.69) is 48.6 Å². The number of fused-ring (bicyclic) bond motifs is 2. The average Bonchev–Trinajstić information content (AvgIpc) is 3.30. The second-order valence-electron chi connectivity index (χ2n) is 8.06. The molecule has 0 aliphatic heterocycles. The molecule has 0 atom stereocenters. The fourth-order valence-corrected chi connectivity index (χ4v) is 4.52. The van der Waals surface area contributed by atoms with E-state index in [-0.39, 0.29) is 5.91 Å². The molecule has 1 amide bonds. The van der Waals surface area contributed by atoms with Gasteiger partial charge >= 0.3 is 0 Å². The Labute approximate surface area is 196 Å². The van der Waals surface area contributed by atoms with E-state index in [1.54, 1.807) is 0 Å². The monoisotopic (exact) mass is 500 g/mol. The highest BCUT2D eigenvalue weighted by molar-refractivity contribution is 9.10. The highest BCUT2D eigenvalue weighted by atomic mass is 79.9. The molecule has 0 spiro atoms. The highest BCUT2D eigenvalue weighted by Gasteiger charge is 2.28. The number of aromatic nitrogens is 1. The van der Waals surface area contributed by atoms with Crippen molar-refractivity contribution in [3.8, 4) is 0 Å². The van der Waals surface area contributed by atoms with Gasteiger partial charge in [-0.25, -0.2) is 0 Å². The molecule has 5 nitrogen and oxygen atoms in total. The van der Waals surface area contributed by atoms with Gasteiger partial charge in [-0.05, 0) is 67.2 Å². The Morgan fingerprint density at radius 2 is 1.97 bits per heavy atom. The molecule has 3 aromatic rings. The van der Waals surface area contributed by atoms with E-state index >= 15 is 0 Å². The van der Waals surface area contributed by atoms with Crippen LogP contribution in [0.3, 0.4) is 0 Å². The van der Waals surface area contributed by atoms with Crippen molar-refractivity contribution in [2.75, 3.05) is 40.3 Å². The third kappa shape index (κ3) is 5.04. The molecule has 3 N–H and O–H groups in total. The van der Waals surface area contributed by atoms with Gasteiger partial charge < -0.3 is 20.5 Å². The van der Waals surface area contributed by atoms with E-state index in [0.29, 0.717) is 18.0 Å². The fourth-order valence-electron chi connectivity index (χ4n) is 3.93. The summed E-state index contributed by atoms with van der Waals surface area (Å²) in [6.07, 6.45) is 0.708. The van der Waals surface area contributed by atoms with Crippen LogP contribution in [0.25, 0.3) is 22.0 Å². The van der Waals surface area contributed by atoms with E-state index in [1.807, 2.05) is 44.4 Å². The molecule has 162 valence electrons. The average molecular weight is 502 g/mol. The van der Waals surface area contributed by atoms with Crippen LogP contribution in [0.4, 0.5) is 0 Å². The lowest BCUT2D eigenvalue weighted by molar-refractivity contribution is -0.115. The molecule has 1 aromatic heterocycles. The number of halogens is 2. The Balaban J connectivity index is 1.58. The van der Waals surface area contributed by atoms with E-state index < -0.39 is 0 Å². The first-order valence-electron chi connectivity index (χ1n) is 10.4. The van der Waals surface area contributed by atoms with Gasteiger partial charge in [0.25, 0.3) is 5.91 Å². The summed E-state index contributed by atoms with van der Waals surface area (Å²) in [5.41, 5.74) is 5.86. The summed E-state index contributed by atoms with van der Waals surface area (Å²) in [5.74, 6) is -0.0397. The van der Waals surface area contributed by atoms with Crippen LogP contribution in [0.1, 0.15) is 16.8 Å². The maximum atomic E-state index is 13.2. The molecule has 1 heterocycles. The standard InChI is InChI=1S/C24H26BrClN4O/c1-30(2)10-9-27-7-8-28-24(31)23-19-5-3-17(25)11-15(19)13-20(23)22-14-16-12-18(26)4-6-21(16)29-22/h3-6,11-12,14,27,29H,7-10,13H2,1-2H3,(H,28,31). The fraction of sp³-hybridized carbons (Fsp3) is 0.292. The predicted octanol–water partition coefficient (Wildman–Crippen LogP) is 4.32. The second-order valence-corrected chi connectivity index (χ2v) is 9.41. The lowest BCUT2D eigenvalue weighted by Crippen LogP contribution is -2.35.